The van der Waals surface area contributed by atoms with E-state index in [0.717, 1.165) is 24.3 Å². The molecule has 2 aromatic rings. The fourth-order valence-corrected chi connectivity index (χ4v) is 3.91. The van der Waals surface area contributed by atoms with E-state index in [2.05, 4.69) is 47.1 Å². The molecule has 0 aromatic heterocycles. The van der Waals surface area contributed by atoms with Crippen molar-refractivity contribution in [3.8, 4) is 0 Å². The molecule has 2 aromatic carbocycles. The molecule has 0 bridgehead atoms. The smallest absolute Gasteiger partial charge is 0.228 e. The normalized spacial score (nSPS) is 19.3. The first kappa shape index (κ1) is 17.5. The molecule has 1 aliphatic rings. The molecule has 0 spiro atoms. The molecule has 0 fully saturated rings. The zero-order valence-electron chi connectivity index (χ0n) is 15.3. The maximum absolute atomic E-state index is 12.8. The minimum absolute atomic E-state index is 0.241. The maximum atomic E-state index is 12.8. The second kappa shape index (κ2) is 6.89. The molecule has 0 saturated carbocycles. The van der Waals surface area contributed by atoms with Gasteiger partial charge in [0.1, 0.15) is 0 Å². The number of nitrogens with two attached hydrogens (primary N) is 1. The van der Waals surface area contributed by atoms with E-state index in [9.17, 15) is 4.79 Å². The number of carbonyl (C=O) groups is 1. The number of benzene rings is 2. The van der Waals surface area contributed by atoms with E-state index < -0.39 is 5.41 Å². The van der Waals surface area contributed by atoms with Gasteiger partial charge in [0.25, 0.3) is 0 Å². The van der Waals surface area contributed by atoms with Gasteiger partial charge in [-0.1, -0.05) is 36.4 Å². The number of para-hydroxylation sites is 2. The molecule has 1 unspecified atom stereocenters. The van der Waals surface area contributed by atoms with Crippen LogP contribution < -0.4 is 10.6 Å². The summed E-state index contributed by atoms with van der Waals surface area (Å²) in [7, 11) is 4.06. The summed E-state index contributed by atoms with van der Waals surface area (Å²) >= 11 is 0. The molecule has 4 nitrogen and oxygen atoms in total. The zero-order valence-corrected chi connectivity index (χ0v) is 15.3. The first-order valence-corrected chi connectivity index (χ1v) is 8.89. The minimum Gasteiger partial charge on any atom is -0.369 e. The lowest BCUT2D eigenvalue weighted by atomic mass is 9.72. The fraction of sp³-hybridized carbons (Fsp3) is 0.381. The number of hydrogen-bond donors (Lipinski definition) is 1. The second-order valence-corrected chi connectivity index (χ2v) is 7.07. The molecule has 1 heterocycles. The van der Waals surface area contributed by atoms with Crippen molar-refractivity contribution in [2.75, 3.05) is 32.1 Å². The third kappa shape index (κ3) is 3.02. The number of hydrogen-bond acceptors (Lipinski definition) is 3. The molecule has 3 rings (SSSR count). The highest BCUT2D eigenvalue weighted by Gasteiger charge is 2.43. The Bertz CT molecular complexity index is 771. The zero-order chi connectivity index (χ0) is 18.0. The summed E-state index contributed by atoms with van der Waals surface area (Å²) in [5.41, 5.74) is 9.83. The summed E-state index contributed by atoms with van der Waals surface area (Å²) in [5, 5.41) is 0. The Morgan fingerprint density at radius 2 is 1.76 bits per heavy atom. The van der Waals surface area contributed by atoms with Gasteiger partial charge in [0, 0.05) is 17.9 Å². The average Bonchev–Trinajstić information content (AvgIpc) is 2.72. The van der Waals surface area contributed by atoms with Crippen LogP contribution in [0.5, 0.6) is 0 Å². The summed E-state index contributed by atoms with van der Waals surface area (Å²) in [6.45, 7) is 3.80. The number of carbonyl (C=O) groups excluding carboxylic acids is 1. The molecule has 132 valence electrons. The largest absolute Gasteiger partial charge is 0.369 e. The van der Waals surface area contributed by atoms with Crippen LogP contribution in [0.25, 0.3) is 0 Å². The highest BCUT2D eigenvalue weighted by Crippen LogP contribution is 2.45. The molecule has 1 aliphatic heterocycles. The van der Waals surface area contributed by atoms with Gasteiger partial charge < -0.3 is 15.5 Å². The molecule has 1 atom stereocenters. The lowest BCUT2D eigenvalue weighted by Crippen LogP contribution is -2.45. The standard InChI is InChI=1S/C21H27N3O/c1-4-24-18-11-7-5-9-16(18)15-21(20(22)25,13-14-23(2)3)17-10-6-8-12-19(17)24/h5-12H,4,13-15H2,1-3H3,(H2,22,25). The molecule has 25 heavy (non-hydrogen) atoms. The lowest BCUT2D eigenvalue weighted by molar-refractivity contribution is -0.123. The van der Waals surface area contributed by atoms with E-state index in [1.165, 1.54) is 11.3 Å². The molecule has 4 heteroatoms. The van der Waals surface area contributed by atoms with Crippen molar-refractivity contribution in [1.29, 1.82) is 0 Å². The third-order valence-corrected chi connectivity index (χ3v) is 5.26. The average molecular weight is 337 g/mol. The Hall–Kier alpha value is -2.33. The van der Waals surface area contributed by atoms with Gasteiger partial charge in [-0.3, -0.25) is 4.79 Å². The SMILES string of the molecule is CCN1c2ccccc2CC(CCN(C)C)(C(N)=O)c2ccccc21. The maximum Gasteiger partial charge on any atom is 0.228 e. The van der Waals surface area contributed by atoms with Crippen LogP contribution in [0.3, 0.4) is 0 Å². The van der Waals surface area contributed by atoms with Gasteiger partial charge in [-0.15, -0.1) is 0 Å². The van der Waals surface area contributed by atoms with Crippen molar-refractivity contribution < 1.29 is 4.79 Å². The van der Waals surface area contributed by atoms with Crippen molar-refractivity contribution >= 4 is 17.3 Å². The molecule has 1 amide bonds. The van der Waals surface area contributed by atoms with E-state index >= 15 is 0 Å². The van der Waals surface area contributed by atoms with E-state index in [4.69, 9.17) is 5.73 Å². The predicted octanol–water partition coefficient (Wildman–Crippen LogP) is 3.08. The van der Waals surface area contributed by atoms with Crippen molar-refractivity contribution in [2.45, 2.75) is 25.2 Å². The first-order chi connectivity index (χ1) is 12.0. The first-order valence-electron chi connectivity index (χ1n) is 8.89. The van der Waals surface area contributed by atoms with Gasteiger partial charge in [-0.05, 0) is 63.7 Å². The summed E-state index contributed by atoms with van der Waals surface area (Å²) in [6.07, 6.45) is 1.35. The number of primary amides is 1. The molecule has 0 aliphatic carbocycles. The van der Waals surface area contributed by atoms with Gasteiger partial charge in [0.05, 0.1) is 5.41 Å². The quantitative estimate of drug-likeness (QED) is 0.912. The van der Waals surface area contributed by atoms with E-state index in [1.54, 1.807) is 0 Å². The van der Waals surface area contributed by atoms with E-state index in [1.807, 2.05) is 32.3 Å². The minimum atomic E-state index is -0.694. The lowest BCUT2D eigenvalue weighted by Gasteiger charge is -2.33. The van der Waals surface area contributed by atoms with Crippen molar-refractivity contribution in [3.05, 3.63) is 59.7 Å². The number of amides is 1. The highest BCUT2D eigenvalue weighted by atomic mass is 16.1. The van der Waals surface area contributed by atoms with Crippen LogP contribution >= 0.6 is 0 Å². The molecule has 0 radical (unpaired) electrons. The number of nitrogens with zero attached hydrogens (tertiary/aromatic N) is 2. The van der Waals surface area contributed by atoms with E-state index in [0.29, 0.717) is 12.8 Å². The third-order valence-electron chi connectivity index (χ3n) is 5.26. The van der Waals surface area contributed by atoms with Crippen LogP contribution in [-0.4, -0.2) is 38.0 Å². The van der Waals surface area contributed by atoms with Gasteiger partial charge >= 0.3 is 0 Å². The van der Waals surface area contributed by atoms with E-state index in [-0.39, 0.29) is 5.91 Å². The summed E-state index contributed by atoms with van der Waals surface area (Å²) in [6, 6.07) is 16.6. The number of rotatable bonds is 5. The predicted molar refractivity (Wildman–Crippen MR) is 103 cm³/mol. The van der Waals surface area contributed by atoms with Gasteiger partial charge in [-0.25, -0.2) is 0 Å². The van der Waals surface area contributed by atoms with Gasteiger partial charge in [-0.2, -0.15) is 0 Å². The van der Waals surface area contributed by atoms with Crippen LogP contribution in [0.4, 0.5) is 11.4 Å². The van der Waals surface area contributed by atoms with Crippen LogP contribution in [-0.2, 0) is 16.6 Å². The van der Waals surface area contributed by atoms with Crippen LogP contribution in [0.15, 0.2) is 48.5 Å². The fourth-order valence-electron chi connectivity index (χ4n) is 3.91. The Balaban J connectivity index is 2.26. The van der Waals surface area contributed by atoms with Crippen molar-refractivity contribution in [2.24, 2.45) is 5.73 Å². The summed E-state index contributed by atoms with van der Waals surface area (Å²) in [4.78, 5) is 17.2. The Morgan fingerprint density at radius 3 is 2.40 bits per heavy atom. The Morgan fingerprint density at radius 1 is 1.12 bits per heavy atom. The topological polar surface area (TPSA) is 49.6 Å². The molecular weight excluding hydrogens is 310 g/mol. The van der Waals surface area contributed by atoms with Crippen molar-refractivity contribution in [1.82, 2.24) is 4.90 Å². The Kier molecular flexibility index (Phi) is 4.82. The van der Waals surface area contributed by atoms with Crippen LogP contribution in [0.2, 0.25) is 0 Å². The number of fused-ring (bicyclic) bond motifs is 2. The molecule has 2 N–H and O–H groups in total. The van der Waals surface area contributed by atoms with Gasteiger partial charge in [0.2, 0.25) is 5.91 Å². The number of anilines is 2. The second-order valence-electron chi connectivity index (χ2n) is 7.07. The Labute approximate surface area is 150 Å². The summed E-state index contributed by atoms with van der Waals surface area (Å²) < 4.78 is 0. The van der Waals surface area contributed by atoms with Gasteiger partial charge in [0.15, 0.2) is 0 Å². The van der Waals surface area contributed by atoms with Crippen LogP contribution in [0.1, 0.15) is 24.5 Å². The van der Waals surface area contributed by atoms with Crippen molar-refractivity contribution in [3.63, 3.8) is 0 Å². The molecule has 0 saturated heterocycles. The van der Waals surface area contributed by atoms with Crippen LogP contribution in [0, 0.1) is 0 Å². The monoisotopic (exact) mass is 337 g/mol. The molecular formula is C21H27N3O. The highest BCUT2D eigenvalue weighted by molar-refractivity contribution is 5.91. The summed E-state index contributed by atoms with van der Waals surface area (Å²) in [5.74, 6) is -0.241.